The molecule has 0 saturated carbocycles. The van der Waals surface area contributed by atoms with Gasteiger partial charge in [-0.05, 0) is 13.3 Å². The number of hydrazine groups is 1. The molecule has 19 heavy (non-hydrogen) atoms. The van der Waals surface area contributed by atoms with Crippen molar-refractivity contribution in [3.05, 3.63) is 35.8 Å². The molecule has 2 rings (SSSR count). The van der Waals surface area contributed by atoms with Crippen LogP contribution in [0.3, 0.4) is 0 Å². The van der Waals surface area contributed by atoms with Crippen molar-refractivity contribution in [2.75, 3.05) is 7.11 Å². The number of aryl methyl sites for hydroxylation is 1. The number of allylic oxidation sites excluding steroid dienone is 1. The van der Waals surface area contributed by atoms with Crippen molar-refractivity contribution in [2.24, 2.45) is 5.84 Å². The average molecular weight is 261 g/mol. The van der Waals surface area contributed by atoms with Crippen molar-refractivity contribution in [2.45, 2.75) is 13.3 Å². The Morgan fingerprint density at radius 2 is 2.37 bits per heavy atom. The Morgan fingerprint density at radius 3 is 2.95 bits per heavy atom. The number of ether oxygens (including phenoxy) is 1. The number of carbonyl (C=O) groups is 1. The molecule has 0 unspecified atom stereocenters. The van der Waals surface area contributed by atoms with Gasteiger partial charge in [-0.3, -0.25) is 14.6 Å². The number of carbonyl (C=O) groups excluding carboxylic acids is 1. The Morgan fingerprint density at radius 1 is 1.63 bits per heavy atom. The summed E-state index contributed by atoms with van der Waals surface area (Å²) in [5, 5.41) is 0. The van der Waals surface area contributed by atoms with E-state index >= 15 is 0 Å². The molecule has 0 atom stereocenters. The van der Waals surface area contributed by atoms with Crippen LogP contribution in [-0.4, -0.2) is 27.4 Å². The molecule has 0 aliphatic carbocycles. The van der Waals surface area contributed by atoms with Crippen LogP contribution in [0.25, 0.3) is 5.78 Å². The summed E-state index contributed by atoms with van der Waals surface area (Å²) in [5.74, 6) is 5.50. The Hall–Kier alpha value is -2.41. The molecule has 0 radical (unpaired) electrons. The molecule has 0 saturated heterocycles. The highest BCUT2D eigenvalue weighted by Crippen LogP contribution is 2.22. The Balaban J connectivity index is 2.68. The zero-order valence-electron chi connectivity index (χ0n) is 10.8. The molecule has 0 bridgehead atoms. The largest absolute Gasteiger partial charge is 0.481 e. The Bertz CT molecular complexity index is 647. The molecule has 1 amide bonds. The predicted octanol–water partition coefficient (Wildman–Crippen LogP) is 0.378. The van der Waals surface area contributed by atoms with Gasteiger partial charge in [-0.25, -0.2) is 10.8 Å². The van der Waals surface area contributed by atoms with Gasteiger partial charge < -0.3 is 4.74 Å². The van der Waals surface area contributed by atoms with Gasteiger partial charge >= 0.3 is 0 Å². The van der Waals surface area contributed by atoms with E-state index in [0.29, 0.717) is 18.1 Å². The highest BCUT2D eigenvalue weighted by atomic mass is 16.5. The number of methoxy groups -OCH3 is 1. The van der Waals surface area contributed by atoms with Crippen LogP contribution in [0.1, 0.15) is 21.7 Å². The van der Waals surface area contributed by atoms with Gasteiger partial charge in [-0.15, -0.1) is 6.58 Å². The van der Waals surface area contributed by atoms with E-state index in [0.717, 1.165) is 11.3 Å². The van der Waals surface area contributed by atoms with E-state index in [2.05, 4.69) is 16.5 Å². The number of imidazole rings is 1. The fourth-order valence-electron chi connectivity index (χ4n) is 1.89. The molecule has 0 aliphatic rings. The normalized spacial score (nSPS) is 10.5. The van der Waals surface area contributed by atoms with Crippen molar-refractivity contribution < 1.29 is 9.53 Å². The minimum Gasteiger partial charge on any atom is -0.481 e. The van der Waals surface area contributed by atoms with Gasteiger partial charge in [0.1, 0.15) is 5.69 Å². The van der Waals surface area contributed by atoms with Crippen LogP contribution in [0.4, 0.5) is 0 Å². The summed E-state index contributed by atoms with van der Waals surface area (Å²) in [6, 6.07) is 0. The molecule has 2 aromatic heterocycles. The van der Waals surface area contributed by atoms with E-state index in [-0.39, 0.29) is 5.69 Å². The maximum Gasteiger partial charge on any atom is 0.285 e. The molecule has 100 valence electrons. The molecule has 2 aromatic rings. The number of amides is 1. The molecular formula is C12H15N5O2. The monoisotopic (exact) mass is 261 g/mol. The number of nitrogens with two attached hydrogens (primary N) is 1. The maximum absolute atomic E-state index is 11.5. The van der Waals surface area contributed by atoms with Crippen molar-refractivity contribution in [1.29, 1.82) is 0 Å². The number of nitrogens with zero attached hydrogens (tertiary/aromatic N) is 3. The van der Waals surface area contributed by atoms with Crippen molar-refractivity contribution in [3.63, 3.8) is 0 Å². The first-order chi connectivity index (χ1) is 9.12. The molecule has 7 nitrogen and oxygen atoms in total. The standard InChI is InChI=1S/C12H15N5O2/c1-4-5-8-7(2)17-6-9(10(18)16-13)14-12(17)15-11(8)19-3/h4,6H,1,5,13H2,2-3H3,(H,16,18). The van der Waals surface area contributed by atoms with Gasteiger partial charge in [0.05, 0.1) is 7.11 Å². The Labute approximate surface area is 110 Å². The molecule has 0 aliphatic heterocycles. The van der Waals surface area contributed by atoms with Crippen molar-refractivity contribution in [3.8, 4) is 5.88 Å². The van der Waals surface area contributed by atoms with Gasteiger partial charge in [0.15, 0.2) is 0 Å². The van der Waals surface area contributed by atoms with Gasteiger partial charge in [-0.1, -0.05) is 6.08 Å². The number of aromatic nitrogens is 3. The number of nitrogens with one attached hydrogen (secondary N) is 1. The zero-order chi connectivity index (χ0) is 14.0. The number of hydrogen-bond donors (Lipinski definition) is 2. The fraction of sp³-hybridized carbons (Fsp3) is 0.250. The van der Waals surface area contributed by atoms with E-state index in [1.54, 1.807) is 23.8 Å². The van der Waals surface area contributed by atoms with E-state index < -0.39 is 5.91 Å². The SMILES string of the molecule is C=CCc1c(OC)nc2nc(C(=O)NN)cn2c1C. The van der Waals surface area contributed by atoms with Crippen LogP contribution in [0.15, 0.2) is 18.9 Å². The third-order valence-electron chi connectivity index (χ3n) is 2.85. The van der Waals surface area contributed by atoms with Crippen molar-refractivity contribution in [1.82, 2.24) is 19.8 Å². The molecular weight excluding hydrogens is 246 g/mol. The van der Waals surface area contributed by atoms with E-state index in [9.17, 15) is 4.79 Å². The number of rotatable bonds is 4. The smallest absolute Gasteiger partial charge is 0.285 e. The van der Waals surface area contributed by atoms with Crippen LogP contribution >= 0.6 is 0 Å². The van der Waals surface area contributed by atoms with Crippen LogP contribution in [0.5, 0.6) is 5.88 Å². The van der Waals surface area contributed by atoms with Gasteiger partial charge in [0.2, 0.25) is 11.7 Å². The molecule has 0 spiro atoms. The minimum atomic E-state index is -0.464. The number of nitrogen functional groups attached to an aromatic ring is 1. The van der Waals surface area contributed by atoms with Crippen LogP contribution in [-0.2, 0) is 6.42 Å². The molecule has 0 aromatic carbocycles. The zero-order valence-corrected chi connectivity index (χ0v) is 10.8. The summed E-state index contributed by atoms with van der Waals surface area (Å²) in [5.41, 5.74) is 4.04. The maximum atomic E-state index is 11.5. The van der Waals surface area contributed by atoms with E-state index in [4.69, 9.17) is 10.6 Å². The average Bonchev–Trinajstić information content (AvgIpc) is 2.85. The first kappa shape index (κ1) is 13.0. The van der Waals surface area contributed by atoms with Crippen molar-refractivity contribution >= 4 is 11.7 Å². The minimum absolute atomic E-state index is 0.205. The highest BCUT2D eigenvalue weighted by Gasteiger charge is 2.16. The summed E-state index contributed by atoms with van der Waals surface area (Å²) in [4.78, 5) is 19.9. The quantitative estimate of drug-likeness (QED) is 0.359. The van der Waals surface area contributed by atoms with Gasteiger partial charge in [-0.2, -0.15) is 4.98 Å². The molecule has 0 fully saturated rings. The fourth-order valence-corrected chi connectivity index (χ4v) is 1.89. The summed E-state index contributed by atoms with van der Waals surface area (Å²) < 4.78 is 6.97. The Kier molecular flexibility index (Phi) is 3.48. The van der Waals surface area contributed by atoms with E-state index in [1.165, 1.54) is 0 Å². The third-order valence-corrected chi connectivity index (χ3v) is 2.85. The summed E-state index contributed by atoms with van der Waals surface area (Å²) >= 11 is 0. The number of fused-ring (bicyclic) bond motifs is 1. The molecule has 3 N–H and O–H groups in total. The summed E-state index contributed by atoms with van der Waals surface area (Å²) in [6.07, 6.45) is 3.98. The highest BCUT2D eigenvalue weighted by molar-refractivity contribution is 5.92. The second-order valence-corrected chi connectivity index (χ2v) is 3.95. The predicted molar refractivity (Wildman–Crippen MR) is 69.8 cm³/mol. The first-order valence-corrected chi connectivity index (χ1v) is 5.66. The third kappa shape index (κ3) is 2.15. The second kappa shape index (κ2) is 5.07. The summed E-state index contributed by atoms with van der Waals surface area (Å²) in [6.45, 7) is 5.61. The van der Waals surface area contributed by atoms with Crippen LogP contribution in [0, 0.1) is 6.92 Å². The first-order valence-electron chi connectivity index (χ1n) is 5.66. The topological polar surface area (TPSA) is 94.5 Å². The summed E-state index contributed by atoms with van der Waals surface area (Å²) in [7, 11) is 1.54. The number of hydrogen-bond acceptors (Lipinski definition) is 5. The van der Waals surface area contributed by atoms with Gasteiger partial charge in [0.25, 0.3) is 5.91 Å². The molecule has 7 heteroatoms. The van der Waals surface area contributed by atoms with Gasteiger partial charge in [0, 0.05) is 17.5 Å². The lowest BCUT2D eigenvalue weighted by molar-refractivity contribution is 0.0949. The lowest BCUT2D eigenvalue weighted by atomic mass is 10.1. The lowest BCUT2D eigenvalue weighted by Crippen LogP contribution is -2.30. The molecule has 2 heterocycles. The van der Waals surface area contributed by atoms with Crippen LogP contribution in [0.2, 0.25) is 0 Å². The lowest BCUT2D eigenvalue weighted by Gasteiger charge is -2.10. The van der Waals surface area contributed by atoms with Crippen LogP contribution < -0.4 is 16.0 Å². The van der Waals surface area contributed by atoms with E-state index in [1.807, 2.05) is 12.3 Å². The second-order valence-electron chi connectivity index (χ2n) is 3.95.